The summed E-state index contributed by atoms with van der Waals surface area (Å²) in [5.41, 5.74) is 0.812. The smallest absolute Gasteiger partial charge is 0.267 e. The highest BCUT2D eigenvalue weighted by Gasteiger charge is 2.41. The lowest BCUT2D eigenvalue weighted by molar-refractivity contribution is -0.123. The molecule has 1 N–H and O–H groups in total. The molecule has 0 radical (unpaired) electrons. The van der Waals surface area contributed by atoms with Crippen molar-refractivity contribution in [3.63, 3.8) is 0 Å². The van der Waals surface area contributed by atoms with Gasteiger partial charge in [-0.2, -0.15) is 0 Å². The van der Waals surface area contributed by atoms with E-state index in [1.165, 1.54) is 6.08 Å². The summed E-state index contributed by atoms with van der Waals surface area (Å²) in [6, 6.07) is -0.991. The van der Waals surface area contributed by atoms with Crippen molar-refractivity contribution in [3.8, 4) is 0 Å². The molecule has 1 atom stereocenters. The van der Waals surface area contributed by atoms with Crippen molar-refractivity contribution in [1.29, 1.82) is 0 Å². The van der Waals surface area contributed by atoms with E-state index < -0.39 is 17.9 Å². The Morgan fingerprint density at radius 1 is 1.40 bits per heavy atom. The first-order chi connectivity index (χ1) is 6.92. The minimum Gasteiger partial charge on any atom is -0.344 e. The van der Waals surface area contributed by atoms with Gasteiger partial charge in [0.05, 0.1) is 6.04 Å². The minimum absolute atomic E-state index is 0.118. The highest BCUT2D eigenvalue weighted by molar-refractivity contribution is 5.88. The summed E-state index contributed by atoms with van der Waals surface area (Å²) >= 11 is 0. The van der Waals surface area contributed by atoms with Crippen molar-refractivity contribution in [1.82, 2.24) is 5.32 Å². The highest BCUT2D eigenvalue weighted by Crippen LogP contribution is 2.33. The first kappa shape index (κ1) is 12.1. The van der Waals surface area contributed by atoms with E-state index in [9.17, 15) is 13.6 Å². The normalized spacial score (nSPS) is 24.4. The molecule has 1 fully saturated rings. The summed E-state index contributed by atoms with van der Waals surface area (Å²) in [5.74, 6) is -3.16. The van der Waals surface area contributed by atoms with Crippen molar-refractivity contribution < 1.29 is 13.6 Å². The summed E-state index contributed by atoms with van der Waals surface area (Å²) in [6.07, 6.45) is 2.91. The topological polar surface area (TPSA) is 29.1 Å². The molecule has 86 valence electrons. The van der Waals surface area contributed by atoms with Crippen molar-refractivity contribution >= 4 is 5.91 Å². The van der Waals surface area contributed by atoms with Gasteiger partial charge in [0, 0.05) is 12.5 Å². The molecule has 15 heavy (non-hydrogen) atoms. The average molecular weight is 217 g/mol. The number of hydrogen-bond acceptors (Lipinski definition) is 1. The second-order valence-electron chi connectivity index (χ2n) is 4.29. The molecule has 0 aliphatic heterocycles. The Balaban J connectivity index is 2.56. The molecule has 4 heteroatoms. The molecule has 0 aromatic carbocycles. The van der Waals surface area contributed by atoms with Gasteiger partial charge in [0.25, 0.3) is 5.92 Å². The fourth-order valence-corrected chi connectivity index (χ4v) is 1.75. The number of alkyl halides is 2. The van der Waals surface area contributed by atoms with Crippen LogP contribution in [0.5, 0.6) is 0 Å². The van der Waals surface area contributed by atoms with E-state index in [1.807, 2.05) is 0 Å². The molecule has 1 aliphatic rings. The maximum absolute atomic E-state index is 13.3. The maximum atomic E-state index is 13.3. The third-order valence-electron chi connectivity index (χ3n) is 2.50. The summed E-state index contributed by atoms with van der Waals surface area (Å²) in [4.78, 5) is 11.3. The van der Waals surface area contributed by atoms with Crippen LogP contribution in [0.1, 0.15) is 39.5 Å². The zero-order valence-corrected chi connectivity index (χ0v) is 9.15. The summed E-state index contributed by atoms with van der Waals surface area (Å²) in [7, 11) is 0. The van der Waals surface area contributed by atoms with Crippen molar-refractivity contribution in [2.45, 2.75) is 51.5 Å². The molecule has 1 rings (SSSR count). The monoisotopic (exact) mass is 217 g/mol. The SMILES string of the molecule is CC(C)=CC(=O)NC1CCCCC1(F)F. The van der Waals surface area contributed by atoms with Crippen molar-refractivity contribution in [2.75, 3.05) is 0 Å². The van der Waals surface area contributed by atoms with Gasteiger partial charge in [-0.3, -0.25) is 4.79 Å². The lowest BCUT2D eigenvalue weighted by atomic mass is 9.91. The van der Waals surface area contributed by atoms with E-state index in [0.717, 1.165) is 12.0 Å². The van der Waals surface area contributed by atoms with Crippen LogP contribution in [0.25, 0.3) is 0 Å². The van der Waals surface area contributed by atoms with Gasteiger partial charge in [0.1, 0.15) is 0 Å². The Morgan fingerprint density at radius 2 is 2.07 bits per heavy atom. The molecule has 1 aliphatic carbocycles. The second kappa shape index (κ2) is 4.73. The molecule has 0 saturated heterocycles. The van der Waals surface area contributed by atoms with Crippen LogP contribution in [0.3, 0.4) is 0 Å². The zero-order chi connectivity index (χ0) is 11.5. The predicted octanol–water partition coefficient (Wildman–Crippen LogP) is 2.65. The summed E-state index contributed by atoms with van der Waals surface area (Å²) < 4.78 is 26.7. The van der Waals surface area contributed by atoms with Crippen LogP contribution in [0.15, 0.2) is 11.6 Å². The molecule has 0 aromatic rings. The van der Waals surface area contributed by atoms with Crippen LogP contribution in [0.2, 0.25) is 0 Å². The lowest BCUT2D eigenvalue weighted by Crippen LogP contribution is -2.49. The second-order valence-corrected chi connectivity index (χ2v) is 4.29. The molecule has 0 bridgehead atoms. The Kier molecular flexibility index (Phi) is 3.83. The highest BCUT2D eigenvalue weighted by atomic mass is 19.3. The summed E-state index contributed by atoms with van der Waals surface area (Å²) in [5, 5.41) is 2.38. The number of nitrogens with one attached hydrogen (secondary N) is 1. The van der Waals surface area contributed by atoms with Crippen LogP contribution < -0.4 is 5.32 Å². The van der Waals surface area contributed by atoms with E-state index in [0.29, 0.717) is 12.8 Å². The van der Waals surface area contributed by atoms with E-state index in [4.69, 9.17) is 0 Å². The number of rotatable bonds is 2. The zero-order valence-electron chi connectivity index (χ0n) is 9.15. The molecule has 1 amide bonds. The average Bonchev–Trinajstić information content (AvgIpc) is 2.07. The molecular formula is C11H17F2NO. The van der Waals surface area contributed by atoms with E-state index in [1.54, 1.807) is 13.8 Å². The first-order valence-electron chi connectivity index (χ1n) is 5.25. The summed E-state index contributed by atoms with van der Waals surface area (Å²) in [6.45, 7) is 3.52. The first-order valence-corrected chi connectivity index (χ1v) is 5.25. The largest absolute Gasteiger partial charge is 0.344 e. The van der Waals surface area contributed by atoms with Gasteiger partial charge in [-0.25, -0.2) is 8.78 Å². The molecule has 0 aromatic heterocycles. The van der Waals surface area contributed by atoms with Crippen LogP contribution in [0, 0.1) is 0 Å². The van der Waals surface area contributed by atoms with Gasteiger partial charge in [-0.1, -0.05) is 12.0 Å². The maximum Gasteiger partial charge on any atom is 0.267 e. The van der Waals surface area contributed by atoms with Gasteiger partial charge in [-0.05, 0) is 26.7 Å². The van der Waals surface area contributed by atoms with Gasteiger partial charge in [0.15, 0.2) is 0 Å². The number of carbonyl (C=O) groups excluding carboxylic acids is 1. The third kappa shape index (κ3) is 3.61. The number of allylic oxidation sites excluding steroid dienone is 1. The Morgan fingerprint density at radius 3 is 2.60 bits per heavy atom. The molecule has 1 unspecified atom stereocenters. The number of carbonyl (C=O) groups is 1. The minimum atomic E-state index is -2.75. The molecule has 0 heterocycles. The van der Waals surface area contributed by atoms with Gasteiger partial charge < -0.3 is 5.32 Å². The Bertz CT molecular complexity index is 270. The predicted molar refractivity (Wildman–Crippen MR) is 54.8 cm³/mol. The van der Waals surface area contributed by atoms with Crippen LogP contribution in [-0.2, 0) is 4.79 Å². The Labute approximate surface area is 88.7 Å². The van der Waals surface area contributed by atoms with Gasteiger partial charge in [-0.15, -0.1) is 0 Å². The fourth-order valence-electron chi connectivity index (χ4n) is 1.75. The van der Waals surface area contributed by atoms with Crippen LogP contribution >= 0.6 is 0 Å². The molecule has 0 spiro atoms. The number of hydrogen-bond donors (Lipinski definition) is 1. The van der Waals surface area contributed by atoms with E-state index in [-0.39, 0.29) is 6.42 Å². The van der Waals surface area contributed by atoms with E-state index >= 15 is 0 Å². The van der Waals surface area contributed by atoms with E-state index in [2.05, 4.69) is 5.32 Å². The molecule has 1 saturated carbocycles. The van der Waals surface area contributed by atoms with Crippen molar-refractivity contribution in [3.05, 3.63) is 11.6 Å². The van der Waals surface area contributed by atoms with Crippen molar-refractivity contribution in [2.24, 2.45) is 0 Å². The van der Waals surface area contributed by atoms with Crippen LogP contribution in [0.4, 0.5) is 8.78 Å². The molecular weight excluding hydrogens is 200 g/mol. The quantitative estimate of drug-likeness (QED) is 0.708. The number of halogens is 2. The molecule has 2 nitrogen and oxygen atoms in total. The lowest BCUT2D eigenvalue weighted by Gasteiger charge is -2.31. The standard InChI is InChI=1S/C11H17F2NO/c1-8(2)7-10(15)14-9-5-3-4-6-11(9,12)13/h7,9H,3-6H2,1-2H3,(H,14,15). The third-order valence-corrected chi connectivity index (χ3v) is 2.50. The van der Waals surface area contributed by atoms with Gasteiger partial charge in [0.2, 0.25) is 5.91 Å². The van der Waals surface area contributed by atoms with Gasteiger partial charge >= 0.3 is 0 Å². The fraction of sp³-hybridized carbons (Fsp3) is 0.727. The Hall–Kier alpha value is -0.930. The number of amides is 1. The van der Waals surface area contributed by atoms with Crippen LogP contribution in [-0.4, -0.2) is 17.9 Å².